The Labute approximate surface area is 118 Å². The second-order valence-corrected chi connectivity index (χ2v) is 4.65. The molecule has 0 radical (unpaired) electrons. The fraction of sp³-hybridized carbons (Fsp3) is 0.357. The van der Waals surface area contributed by atoms with Crippen LogP contribution < -0.4 is 11.1 Å². The summed E-state index contributed by atoms with van der Waals surface area (Å²) in [6.07, 6.45) is 5.24. The molecule has 0 aliphatic rings. The van der Waals surface area contributed by atoms with Gasteiger partial charge in [0.15, 0.2) is 0 Å². The Bertz CT molecular complexity index is 605. The first-order chi connectivity index (χ1) is 9.58. The summed E-state index contributed by atoms with van der Waals surface area (Å²) < 4.78 is 1.74. The number of carbonyl (C=O) groups is 1. The van der Waals surface area contributed by atoms with Crippen molar-refractivity contribution in [3.05, 3.63) is 41.3 Å². The maximum atomic E-state index is 12.0. The normalized spacial score (nSPS) is 10.5. The first kappa shape index (κ1) is 14.0. The molecule has 0 aromatic carbocycles. The van der Waals surface area contributed by atoms with Gasteiger partial charge in [0.2, 0.25) is 0 Å². The fourth-order valence-electron chi connectivity index (χ4n) is 1.95. The van der Waals surface area contributed by atoms with Gasteiger partial charge in [-0.2, -0.15) is 5.10 Å². The number of rotatable bonds is 5. The van der Waals surface area contributed by atoms with Gasteiger partial charge >= 0.3 is 0 Å². The maximum absolute atomic E-state index is 12.0. The van der Waals surface area contributed by atoms with Crippen molar-refractivity contribution in [3.63, 3.8) is 0 Å². The summed E-state index contributed by atoms with van der Waals surface area (Å²) in [6.45, 7) is 2.54. The van der Waals surface area contributed by atoms with Crippen LogP contribution in [0.4, 0.5) is 5.82 Å². The van der Waals surface area contributed by atoms with Gasteiger partial charge in [0.25, 0.3) is 5.91 Å². The van der Waals surface area contributed by atoms with E-state index >= 15 is 0 Å². The highest BCUT2D eigenvalue weighted by Gasteiger charge is 2.08. The third-order valence-electron chi connectivity index (χ3n) is 2.98. The minimum absolute atomic E-state index is 0.127. The highest BCUT2D eigenvalue weighted by atomic mass is 16.1. The van der Waals surface area contributed by atoms with E-state index in [9.17, 15) is 4.79 Å². The third-order valence-corrected chi connectivity index (χ3v) is 2.98. The summed E-state index contributed by atoms with van der Waals surface area (Å²) in [5.74, 6) is 0.249. The van der Waals surface area contributed by atoms with E-state index in [0.29, 0.717) is 17.9 Å². The molecule has 0 saturated heterocycles. The third kappa shape index (κ3) is 3.57. The molecule has 6 nitrogen and oxygen atoms in total. The van der Waals surface area contributed by atoms with Crippen molar-refractivity contribution in [2.45, 2.75) is 19.8 Å². The Hall–Kier alpha value is -2.37. The molecule has 2 heterocycles. The number of anilines is 1. The lowest BCUT2D eigenvalue weighted by molar-refractivity contribution is 0.0954. The molecule has 0 aliphatic heterocycles. The maximum Gasteiger partial charge on any atom is 0.251 e. The number of aryl methyl sites for hydroxylation is 2. The molecule has 3 N–H and O–H groups in total. The van der Waals surface area contributed by atoms with Gasteiger partial charge in [-0.15, -0.1) is 0 Å². The lowest BCUT2D eigenvalue weighted by Gasteiger charge is -2.06. The molecule has 6 heteroatoms. The highest BCUT2D eigenvalue weighted by molar-refractivity contribution is 5.94. The minimum Gasteiger partial charge on any atom is -0.384 e. The topological polar surface area (TPSA) is 85.8 Å². The van der Waals surface area contributed by atoms with Crippen molar-refractivity contribution in [1.82, 2.24) is 20.1 Å². The summed E-state index contributed by atoms with van der Waals surface area (Å²) in [5, 5.41) is 6.96. The van der Waals surface area contributed by atoms with Gasteiger partial charge in [-0.1, -0.05) is 6.92 Å². The van der Waals surface area contributed by atoms with Gasteiger partial charge in [-0.3, -0.25) is 9.48 Å². The first-order valence-corrected chi connectivity index (χ1v) is 6.60. The average molecular weight is 273 g/mol. The number of pyridine rings is 1. The fourth-order valence-corrected chi connectivity index (χ4v) is 1.95. The van der Waals surface area contributed by atoms with Crippen LogP contribution in [0.1, 0.15) is 28.5 Å². The van der Waals surface area contributed by atoms with Crippen molar-refractivity contribution in [3.8, 4) is 0 Å². The minimum atomic E-state index is -0.127. The molecular weight excluding hydrogens is 254 g/mol. The predicted molar refractivity (Wildman–Crippen MR) is 77.3 cm³/mol. The average Bonchev–Trinajstić information content (AvgIpc) is 2.83. The Morgan fingerprint density at radius 1 is 1.45 bits per heavy atom. The van der Waals surface area contributed by atoms with E-state index in [1.54, 1.807) is 23.0 Å². The van der Waals surface area contributed by atoms with Gasteiger partial charge in [-0.05, 0) is 30.5 Å². The van der Waals surface area contributed by atoms with Gasteiger partial charge < -0.3 is 11.1 Å². The van der Waals surface area contributed by atoms with Crippen LogP contribution >= 0.6 is 0 Å². The van der Waals surface area contributed by atoms with E-state index in [1.165, 1.54) is 0 Å². The van der Waals surface area contributed by atoms with E-state index in [4.69, 9.17) is 5.73 Å². The second-order valence-electron chi connectivity index (χ2n) is 4.65. The highest BCUT2D eigenvalue weighted by Crippen LogP contribution is 2.08. The Morgan fingerprint density at radius 3 is 2.90 bits per heavy atom. The van der Waals surface area contributed by atoms with Crippen LogP contribution in [0.2, 0.25) is 0 Å². The number of amides is 1. The van der Waals surface area contributed by atoms with E-state index < -0.39 is 0 Å². The zero-order valence-corrected chi connectivity index (χ0v) is 11.8. The van der Waals surface area contributed by atoms with Crippen LogP contribution in [-0.4, -0.2) is 27.2 Å². The van der Waals surface area contributed by atoms with Crippen LogP contribution in [0, 0.1) is 0 Å². The van der Waals surface area contributed by atoms with E-state index in [1.807, 2.05) is 20.2 Å². The van der Waals surface area contributed by atoms with Crippen molar-refractivity contribution in [1.29, 1.82) is 0 Å². The van der Waals surface area contributed by atoms with Gasteiger partial charge in [0.05, 0.1) is 6.20 Å². The summed E-state index contributed by atoms with van der Waals surface area (Å²) in [4.78, 5) is 16.2. The number of nitrogens with one attached hydrogen (secondary N) is 1. The zero-order chi connectivity index (χ0) is 14.5. The number of nitrogens with two attached hydrogens (primary N) is 1. The smallest absolute Gasteiger partial charge is 0.251 e. The Balaban J connectivity index is 1.93. The van der Waals surface area contributed by atoms with Crippen molar-refractivity contribution in [2.75, 3.05) is 12.3 Å². The largest absolute Gasteiger partial charge is 0.384 e. The first-order valence-electron chi connectivity index (χ1n) is 6.60. The molecule has 2 aromatic heterocycles. The quantitative estimate of drug-likeness (QED) is 0.848. The molecule has 0 unspecified atom stereocenters. The van der Waals surface area contributed by atoms with E-state index in [0.717, 1.165) is 24.1 Å². The van der Waals surface area contributed by atoms with Crippen molar-refractivity contribution >= 4 is 11.7 Å². The number of carbonyl (C=O) groups excluding carboxylic acids is 1. The van der Waals surface area contributed by atoms with Crippen molar-refractivity contribution in [2.24, 2.45) is 7.05 Å². The molecule has 0 bridgehead atoms. The predicted octanol–water partition coefficient (Wildman–Crippen LogP) is 0.932. The summed E-state index contributed by atoms with van der Waals surface area (Å²) >= 11 is 0. The SMILES string of the molecule is CCc1cc(C(=O)NCCc2cnn(C)c2)cc(N)n1. The molecule has 2 aromatic rings. The zero-order valence-electron chi connectivity index (χ0n) is 11.8. The van der Waals surface area contributed by atoms with Crippen LogP contribution in [0.5, 0.6) is 0 Å². The number of hydrogen-bond donors (Lipinski definition) is 2. The van der Waals surface area contributed by atoms with Crippen LogP contribution in [0.15, 0.2) is 24.5 Å². The molecule has 106 valence electrons. The lowest BCUT2D eigenvalue weighted by Crippen LogP contribution is -2.26. The standard InChI is InChI=1S/C14H19N5O/c1-3-12-6-11(7-13(15)18-12)14(20)16-5-4-10-8-17-19(2)9-10/h6-9H,3-5H2,1-2H3,(H2,15,18)(H,16,20). The molecule has 2 rings (SSSR count). The molecule has 0 spiro atoms. The van der Waals surface area contributed by atoms with Gasteiger partial charge in [-0.25, -0.2) is 4.98 Å². The van der Waals surface area contributed by atoms with E-state index in [-0.39, 0.29) is 5.91 Å². The Kier molecular flexibility index (Phi) is 4.34. The number of hydrogen-bond acceptors (Lipinski definition) is 4. The Morgan fingerprint density at radius 2 is 2.25 bits per heavy atom. The second kappa shape index (κ2) is 6.18. The summed E-state index contributed by atoms with van der Waals surface area (Å²) in [7, 11) is 1.87. The molecule has 0 saturated carbocycles. The monoisotopic (exact) mass is 273 g/mol. The molecule has 0 aliphatic carbocycles. The summed E-state index contributed by atoms with van der Waals surface area (Å²) in [6, 6.07) is 3.37. The molecule has 0 fully saturated rings. The van der Waals surface area contributed by atoms with Gasteiger partial charge in [0, 0.05) is 31.0 Å². The molecule has 1 amide bonds. The molecule has 20 heavy (non-hydrogen) atoms. The molecular formula is C14H19N5O. The van der Waals surface area contributed by atoms with Crippen molar-refractivity contribution < 1.29 is 4.79 Å². The van der Waals surface area contributed by atoms with Crippen LogP contribution in [0.25, 0.3) is 0 Å². The number of aromatic nitrogens is 3. The summed E-state index contributed by atoms with van der Waals surface area (Å²) in [5.41, 5.74) is 8.16. The van der Waals surface area contributed by atoms with Gasteiger partial charge in [0.1, 0.15) is 5.82 Å². The van der Waals surface area contributed by atoms with Crippen LogP contribution in [-0.2, 0) is 19.9 Å². The number of nitrogen functional groups attached to an aromatic ring is 1. The lowest BCUT2D eigenvalue weighted by atomic mass is 10.1. The number of nitrogens with zero attached hydrogens (tertiary/aromatic N) is 3. The van der Waals surface area contributed by atoms with Crippen LogP contribution in [0.3, 0.4) is 0 Å². The van der Waals surface area contributed by atoms with E-state index in [2.05, 4.69) is 15.4 Å². The molecule has 0 atom stereocenters.